The monoisotopic (exact) mass is 355 g/mol. The van der Waals surface area contributed by atoms with Crippen LogP contribution >= 0.6 is 0 Å². The fourth-order valence-electron chi connectivity index (χ4n) is 2.16. The van der Waals surface area contributed by atoms with Gasteiger partial charge in [0, 0.05) is 5.56 Å². The fraction of sp³-hybridized carbons (Fsp3) is 0.176. The molecular formula is C17H13F4NO3. The molecule has 25 heavy (non-hydrogen) atoms. The van der Waals surface area contributed by atoms with E-state index < -0.39 is 24.1 Å². The summed E-state index contributed by atoms with van der Waals surface area (Å²) in [5, 5.41) is 2.14. The molecule has 0 fully saturated rings. The molecule has 0 aliphatic rings. The van der Waals surface area contributed by atoms with E-state index >= 15 is 0 Å². The van der Waals surface area contributed by atoms with Gasteiger partial charge in [0.2, 0.25) is 0 Å². The molecule has 0 saturated carbocycles. The van der Waals surface area contributed by atoms with Gasteiger partial charge in [0.1, 0.15) is 5.82 Å². The Hall–Kier alpha value is -2.90. The molecule has 8 heteroatoms. The van der Waals surface area contributed by atoms with Crippen molar-refractivity contribution in [1.29, 1.82) is 0 Å². The largest absolute Gasteiger partial charge is 0.491 e. The molecule has 0 aromatic heterocycles. The van der Waals surface area contributed by atoms with Crippen molar-refractivity contribution in [3.63, 3.8) is 0 Å². The molecule has 1 N–H and O–H groups in total. The maximum atomic E-state index is 13.4. The van der Waals surface area contributed by atoms with Crippen LogP contribution in [0.4, 0.5) is 28.0 Å². The zero-order chi connectivity index (χ0) is 18.8. The van der Waals surface area contributed by atoms with Gasteiger partial charge in [0.05, 0.1) is 5.69 Å². The summed E-state index contributed by atoms with van der Waals surface area (Å²) in [7, 11) is 0. The molecule has 0 atom stereocenters. The first-order valence-electron chi connectivity index (χ1n) is 7.05. The van der Waals surface area contributed by atoms with Crippen LogP contribution in [0.5, 0.6) is 0 Å². The molecule has 2 aromatic carbocycles. The zero-order valence-electron chi connectivity index (χ0n) is 13.2. The highest BCUT2D eigenvalue weighted by atomic mass is 19.4. The minimum absolute atomic E-state index is 0.161. The van der Waals surface area contributed by atoms with Gasteiger partial charge in [0.15, 0.2) is 0 Å². The van der Waals surface area contributed by atoms with Crippen molar-refractivity contribution < 1.29 is 31.9 Å². The van der Waals surface area contributed by atoms with Gasteiger partial charge in [-0.15, -0.1) is 0 Å². The number of nitrogens with one attached hydrogen (secondary N) is 1. The molecule has 0 saturated heterocycles. The van der Waals surface area contributed by atoms with Crippen LogP contribution < -0.4 is 5.32 Å². The van der Waals surface area contributed by atoms with Crippen molar-refractivity contribution >= 4 is 17.7 Å². The number of anilines is 1. The molecule has 132 valence electrons. The highest BCUT2D eigenvalue weighted by molar-refractivity contribution is 5.98. The van der Waals surface area contributed by atoms with E-state index in [2.05, 4.69) is 10.1 Å². The number of halogens is 4. The Bertz CT molecular complexity index is 831. The van der Waals surface area contributed by atoms with Crippen LogP contribution in [-0.2, 0) is 9.53 Å². The van der Waals surface area contributed by atoms with Crippen molar-refractivity contribution in [3.05, 3.63) is 53.3 Å². The lowest BCUT2D eigenvalue weighted by atomic mass is 9.99. The van der Waals surface area contributed by atoms with Crippen LogP contribution in [0.3, 0.4) is 0 Å². The summed E-state index contributed by atoms with van der Waals surface area (Å²) in [6.45, 7) is 3.17. The summed E-state index contributed by atoms with van der Waals surface area (Å²) in [4.78, 5) is 22.3. The Morgan fingerprint density at radius 2 is 1.72 bits per heavy atom. The second-order valence-electron chi connectivity index (χ2n) is 5.26. The third-order valence-electron chi connectivity index (χ3n) is 3.39. The van der Waals surface area contributed by atoms with E-state index in [9.17, 15) is 27.2 Å². The van der Waals surface area contributed by atoms with E-state index in [0.29, 0.717) is 22.3 Å². The van der Waals surface area contributed by atoms with Crippen molar-refractivity contribution in [2.24, 2.45) is 0 Å². The Morgan fingerprint density at radius 3 is 2.32 bits per heavy atom. The lowest BCUT2D eigenvalue weighted by molar-refractivity contribution is -0.192. The van der Waals surface area contributed by atoms with Crippen molar-refractivity contribution in [2.45, 2.75) is 20.0 Å². The molecule has 2 aromatic rings. The number of carbonyl (C=O) groups is 2. The first-order chi connectivity index (χ1) is 11.6. The maximum absolute atomic E-state index is 13.4. The first kappa shape index (κ1) is 18.4. The van der Waals surface area contributed by atoms with Gasteiger partial charge in [-0.25, -0.2) is 14.0 Å². The topological polar surface area (TPSA) is 55.4 Å². The number of hydrogen-bond acceptors (Lipinski definition) is 3. The minimum Gasteiger partial charge on any atom is -0.369 e. The number of para-hydroxylation sites is 1. The third-order valence-corrected chi connectivity index (χ3v) is 3.39. The standard InChI is InChI=1S/C17H13F4NO3/c1-9-4-3-5-12(11-6-7-13(18)10(2)8-11)14(9)22-16(24)25-15(23)17(19,20)21/h3-8H,1-2H3,(H,22,24). The van der Waals surface area contributed by atoms with Crippen LogP contribution in [0.2, 0.25) is 0 Å². The number of esters is 1. The average molecular weight is 355 g/mol. The van der Waals surface area contributed by atoms with E-state index in [1.807, 2.05) is 0 Å². The van der Waals surface area contributed by atoms with Crippen molar-refractivity contribution in [2.75, 3.05) is 5.32 Å². The molecule has 0 spiro atoms. The Labute approximate surface area is 140 Å². The summed E-state index contributed by atoms with van der Waals surface area (Å²) in [5.74, 6) is -3.03. The maximum Gasteiger partial charge on any atom is 0.491 e. The number of carbonyl (C=O) groups excluding carboxylic acids is 2. The molecule has 0 aliphatic carbocycles. The van der Waals surface area contributed by atoms with Gasteiger partial charge >= 0.3 is 18.2 Å². The quantitative estimate of drug-likeness (QED) is 0.481. The number of hydrogen-bond donors (Lipinski definition) is 1. The molecule has 0 radical (unpaired) electrons. The Morgan fingerprint density at radius 1 is 1.04 bits per heavy atom. The molecule has 4 nitrogen and oxygen atoms in total. The number of benzene rings is 2. The second kappa shape index (κ2) is 6.92. The van der Waals surface area contributed by atoms with Gasteiger partial charge in [-0.2, -0.15) is 13.2 Å². The average Bonchev–Trinajstić information content (AvgIpc) is 2.51. The van der Waals surface area contributed by atoms with Crippen LogP contribution in [-0.4, -0.2) is 18.2 Å². The predicted octanol–water partition coefficient (Wildman–Crippen LogP) is 4.75. The van der Waals surface area contributed by atoms with Crippen LogP contribution in [0, 0.1) is 19.7 Å². The SMILES string of the molecule is Cc1cc(-c2cccc(C)c2NC(=O)OC(=O)C(F)(F)F)ccc1F. The second-order valence-corrected chi connectivity index (χ2v) is 5.26. The molecular weight excluding hydrogens is 342 g/mol. The van der Waals surface area contributed by atoms with Crippen LogP contribution in [0.25, 0.3) is 11.1 Å². The summed E-state index contributed by atoms with van der Waals surface area (Å²) in [6, 6.07) is 9.11. The molecule has 0 heterocycles. The van der Waals surface area contributed by atoms with Gasteiger partial charge in [0.25, 0.3) is 0 Å². The van der Waals surface area contributed by atoms with Gasteiger partial charge < -0.3 is 4.74 Å². The highest BCUT2D eigenvalue weighted by Gasteiger charge is 2.42. The zero-order valence-corrected chi connectivity index (χ0v) is 13.2. The van der Waals surface area contributed by atoms with Gasteiger partial charge in [-0.3, -0.25) is 5.32 Å². The van der Waals surface area contributed by atoms with E-state index in [0.717, 1.165) is 0 Å². The number of aryl methyl sites for hydroxylation is 2. The molecule has 1 amide bonds. The molecule has 0 bridgehead atoms. The molecule has 0 aliphatic heterocycles. The number of rotatable bonds is 2. The Balaban J connectivity index is 2.34. The van der Waals surface area contributed by atoms with Crippen LogP contribution in [0.1, 0.15) is 11.1 Å². The van der Waals surface area contributed by atoms with Gasteiger partial charge in [-0.1, -0.05) is 24.3 Å². The van der Waals surface area contributed by atoms with Gasteiger partial charge in [-0.05, 0) is 42.7 Å². The molecule has 0 unspecified atom stereocenters. The van der Waals surface area contributed by atoms with E-state index in [4.69, 9.17) is 0 Å². The summed E-state index contributed by atoms with van der Waals surface area (Å²) >= 11 is 0. The highest BCUT2D eigenvalue weighted by Crippen LogP contribution is 2.32. The lowest BCUT2D eigenvalue weighted by Crippen LogP contribution is -2.30. The fourth-order valence-corrected chi connectivity index (χ4v) is 2.16. The number of ether oxygens (including phenoxy) is 1. The van der Waals surface area contributed by atoms with E-state index in [1.165, 1.54) is 18.2 Å². The first-order valence-corrected chi connectivity index (χ1v) is 7.05. The van der Waals surface area contributed by atoms with E-state index in [-0.39, 0.29) is 5.69 Å². The lowest BCUT2D eigenvalue weighted by Gasteiger charge is -2.14. The number of amides is 1. The summed E-state index contributed by atoms with van der Waals surface area (Å²) in [5.41, 5.74) is 2.03. The third kappa shape index (κ3) is 4.34. The molecule has 2 rings (SSSR count). The summed E-state index contributed by atoms with van der Waals surface area (Å²) < 4.78 is 53.7. The number of alkyl halides is 3. The summed E-state index contributed by atoms with van der Waals surface area (Å²) in [6.07, 6.45) is -6.84. The van der Waals surface area contributed by atoms with Crippen molar-refractivity contribution in [1.82, 2.24) is 0 Å². The normalized spacial score (nSPS) is 11.1. The van der Waals surface area contributed by atoms with Crippen molar-refractivity contribution in [3.8, 4) is 11.1 Å². The Kier molecular flexibility index (Phi) is 5.10. The van der Waals surface area contributed by atoms with E-state index in [1.54, 1.807) is 32.0 Å². The van der Waals surface area contributed by atoms with Crippen LogP contribution in [0.15, 0.2) is 36.4 Å². The smallest absolute Gasteiger partial charge is 0.369 e. The minimum atomic E-state index is -5.28. The predicted molar refractivity (Wildman–Crippen MR) is 82.5 cm³/mol.